The van der Waals surface area contributed by atoms with E-state index >= 15 is 0 Å². The fraction of sp³-hybridized carbons (Fsp3) is 0.188. The van der Waals surface area contributed by atoms with Crippen LogP contribution in [0.3, 0.4) is 0 Å². The summed E-state index contributed by atoms with van der Waals surface area (Å²) in [7, 11) is 0. The molecular weight excluding hydrogens is 224 g/mol. The van der Waals surface area contributed by atoms with Gasteiger partial charge in [0, 0.05) is 12.0 Å². The molecule has 1 aliphatic carbocycles. The van der Waals surface area contributed by atoms with Gasteiger partial charge in [-0.2, -0.15) is 0 Å². The van der Waals surface area contributed by atoms with Gasteiger partial charge in [0.2, 0.25) is 0 Å². The first-order valence-electron chi connectivity index (χ1n) is 5.98. The van der Waals surface area contributed by atoms with Crippen LogP contribution in [0.2, 0.25) is 0 Å². The minimum Gasteiger partial charge on any atom is -0.427 e. The Hall–Kier alpha value is -2.09. The summed E-state index contributed by atoms with van der Waals surface area (Å²) in [4.78, 5) is 11.9. The quantitative estimate of drug-likeness (QED) is 0.593. The highest BCUT2D eigenvalue weighted by Gasteiger charge is 2.10. The lowest BCUT2D eigenvalue weighted by Crippen LogP contribution is -2.04. The number of carbonyl (C=O) groups excluding carboxylic acids is 1. The van der Waals surface area contributed by atoms with Gasteiger partial charge in [-0.05, 0) is 37.1 Å². The molecule has 0 bridgehead atoms. The Morgan fingerprint density at radius 3 is 2.78 bits per heavy atom. The minimum absolute atomic E-state index is 0.284. The van der Waals surface area contributed by atoms with Crippen molar-refractivity contribution in [3.8, 4) is 0 Å². The Labute approximate surface area is 107 Å². The van der Waals surface area contributed by atoms with Crippen LogP contribution in [0, 0.1) is 6.92 Å². The minimum atomic E-state index is -0.284. The summed E-state index contributed by atoms with van der Waals surface area (Å²) in [5.41, 5.74) is 2.80. The van der Waals surface area contributed by atoms with Gasteiger partial charge in [-0.1, -0.05) is 36.4 Å². The zero-order valence-electron chi connectivity index (χ0n) is 10.6. The first-order valence-corrected chi connectivity index (χ1v) is 5.98. The predicted molar refractivity (Wildman–Crippen MR) is 72.8 cm³/mol. The normalized spacial score (nSPS) is 14.6. The molecule has 1 aliphatic rings. The van der Waals surface area contributed by atoms with Crippen molar-refractivity contribution >= 4 is 12.0 Å². The number of ether oxygens (including phenoxy) is 1. The van der Waals surface area contributed by atoms with Gasteiger partial charge in [-0.3, -0.25) is 0 Å². The molecule has 0 saturated carbocycles. The zero-order chi connectivity index (χ0) is 13.0. The first kappa shape index (κ1) is 12.4. The molecule has 2 nitrogen and oxygen atoms in total. The standard InChI is InChI=1S/C16H16O2/c1-12-7-3-4-8-14(12)11-13(2)16(17)18-15-9-5-6-10-15/h3-9,11H,10H2,1-2H3/b13-11+. The summed E-state index contributed by atoms with van der Waals surface area (Å²) in [6.45, 7) is 3.80. The molecule has 2 rings (SSSR count). The smallest absolute Gasteiger partial charge is 0.338 e. The Morgan fingerprint density at radius 2 is 2.11 bits per heavy atom. The van der Waals surface area contributed by atoms with E-state index in [2.05, 4.69) is 0 Å². The van der Waals surface area contributed by atoms with Crippen molar-refractivity contribution in [1.29, 1.82) is 0 Å². The van der Waals surface area contributed by atoms with Crippen LogP contribution in [0.4, 0.5) is 0 Å². The maximum atomic E-state index is 11.9. The van der Waals surface area contributed by atoms with Gasteiger partial charge in [0.1, 0.15) is 5.76 Å². The summed E-state index contributed by atoms with van der Waals surface area (Å²) < 4.78 is 5.28. The van der Waals surface area contributed by atoms with E-state index in [9.17, 15) is 4.79 Å². The number of hydrogen-bond donors (Lipinski definition) is 0. The van der Waals surface area contributed by atoms with Crippen LogP contribution in [-0.4, -0.2) is 5.97 Å². The highest BCUT2D eigenvalue weighted by molar-refractivity contribution is 5.93. The molecule has 1 aromatic carbocycles. The van der Waals surface area contributed by atoms with E-state index in [1.807, 2.05) is 55.5 Å². The van der Waals surface area contributed by atoms with Gasteiger partial charge < -0.3 is 4.74 Å². The second-order valence-electron chi connectivity index (χ2n) is 4.34. The van der Waals surface area contributed by atoms with Crippen LogP contribution in [0.15, 0.2) is 53.8 Å². The number of hydrogen-bond acceptors (Lipinski definition) is 2. The van der Waals surface area contributed by atoms with Gasteiger partial charge in [-0.25, -0.2) is 4.79 Å². The Bertz CT molecular complexity index is 548. The van der Waals surface area contributed by atoms with Crippen molar-refractivity contribution in [3.63, 3.8) is 0 Å². The van der Waals surface area contributed by atoms with E-state index in [1.54, 1.807) is 6.92 Å². The van der Waals surface area contributed by atoms with Gasteiger partial charge >= 0.3 is 5.97 Å². The lowest BCUT2D eigenvalue weighted by molar-refractivity contribution is -0.134. The average Bonchev–Trinajstić information content (AvgIpc) is 2.84. The van der Waals surface area contributed by atoms with Crippen LogP contribution in [0.5, 0.6) is 0 Å². The van der Waals surface area contributed by atoms with E-state index in [-0.39, 0.29) is 5.97 Å². The molecule has 0 atom stereocenters. The molecule has 2 heteroatoms. The largest absolute Gasteiger partial charge is 0.427 e. The number of rotatable bonds is 3. The van der Waals surface area contributed by atoms with E-state index < -0.39 is 0 Å². The van der Waals surface area contributed by atoms with Crippen molar-refractivity contribution < 1.29 is 9.53 Å². The van der Waals surface area contributed by atoms with Crippen molar-refractivity contribution in [2.45, 2.75) is 20.3 Å². The van der Waals surface area contributed by atoms with Gasteiger partial charge in [0.15, 0.2) is 0 Å². The van der Waals surface area contributed by atoms with Gasteiger partial charge in [-0.15, -0.1) is 0 Å². The summed E-state index contributed by atoms with van der Waals surface area (Å²) >= 11 is 0. The van der Waals surface area contributed by atoms with Gasteiger partial charge in [0.25, 0.3) is 0 Å². The second kappa shape index (κ2) is 5.50. The fourth-order valence-corrected chi connectivity index (χ4v) is 1.74. The van der Waals surface area contributed by atoms with Crippen LogP contribution in [-0.2, 0) is 9.53 Å². The number of carbonyl (C=O) groups is 1. The highest BCUT2D eigenvalue weighted by Crippen LogP contribution is 2.16. The molecule has 0 fully saturated rings. The average molecular weight is 240 g/mol. The van der Waals surface area contributed by atoms with Crippen molar-refractivity contribution in [3.05, 3.63) is 65.0 Å². The zero-order valence-corrected chi connectivity index (χ0v) is 10.6. The monoisotopic (exact) mass is 240 g/mol. The lowest BCUT2D eigenvalue weighted by atomic mass is 10.1. The third kappa shape index (κ3) is 2.98. The van der Waals surface area contributed by atoms with Crippen LogP contribution in [0.25, 0.3) is 6.08 Å². The number of allylic oxidation sites excluding steroid dienone is 3. The molecule has 0 amide bonds. The number of benzene rings is 1. The Balaban J connectivity index is 2.08. The lowest BCUT2D eigenvalue weighted by Gasteiger charge is -2.06. The molecule has 0 aromatic heterocycles. The van der Waals surface area contributed by atoms with E-state index in [1.165, 1.54) is 0 Å². The van der Waals surface area contributed by atoms with Crippen LogP contribution < -0.4 is 0 Å². The maximum absolute atomic E-state index is 11.9. The van der Waals surface area contributed by atoms with Crippen LogP contribution in [0.1, 0.15) is 24.5 Å². The third-order valence-corrected chi connectivity index (χ3v) is 2.84. The summed E-state index contributed by atoms with van der Waals surface area (Å²) in [5, 5.41) is 0. The fourth-order valence-electron chi connectivity index (χ4n) is 1.74. The van der Waals surface area contributed by atoms with Crippen molar-refractivity contribution in [1.82, 2.24) is 0 Å². The Kier molecular flexibility index (Phi) is 3.78. The predicted octanol–water partition coefficient (Wildman–Crippen LogP) is 3.79. The third-order valence-electron chi connectivity index (χ3n) is 2.84. The summed E-state index contributed by atoms with van der Waals surface area (Å²) in [6, 6.07) is 7.95. The van der Waals surface area contributed by atoms with E-state index in [4.69, 9.17) is 4.74 Å². The molecule has 1 aromatic rings. The first-order chi connectivity index (χ1) is 8.66. The summed E-state index contributed by atoms with van der Waals surface area (Å²) in [6.07, 6.45) is 8.23. The molecule has 0 N–H and O–H groups in total. The van der Waals surface area contributed by atoms with Crippen molar-refractivity contribution in [2.75, 3.05) is 0 Å². The molecule has 0 unspecified atom stereocenters. The molecule has 0 radical (unpaired) electrons. The van der Waals surface area contributed by atoms with Gasteiger partial charge in [0.05, 0.1) is 0 Å². The van der Waals surface area contributed by atoms with Crippen LogP contribution >= 0.6 is 0 Å². The van der Waals surface area contributed by atoms with Crippen molar-refractivity contribution in [2.24, 2.45) is 0 Å². The SMILES string of the molecule is C/C(=C\c1ccccc1C)C(=O)OC1=CC=CC1. The molecular formula is C16H16O2. The second-order valence-corrected chi connectivity index (χ2v) is 4.34. The molecule has 0 heterocycles. The molecule has 92 valence electrons. The van der Waals surface area contributed by atoms with E-state index in [0.29, 0.717) is 17.8 Å². The molecule has 18 heavy (non-hydrogen) atoms. The molecule has 0 saturated heterocycles. The highest BCUT2D eigenvalue weighted by atomic mass is 16.5. The number of aryl methyl sites for hydroxylation is 1. The topological polar surface area (TPSA) is 26.3 Å². The summed E-state index contributed by atoms with van der Waals surface area (Å²) in [5.74, 6) is 0.422. The number of esters is 1. The maximum Gasteiger partial charge on any atom is 0.338 e. The molecule has 0 aliphatic heterocycles. The van der Waals surface area contributed by atoms with E-state index in [0.717, 1.165) is 11.1 Å². The Morgan fingerprint density at radius 1 is 1.33 bits per heavy atom. The molecule has 0 spiro atoms.